The van der Waals surface area contributed by atoms with Crippen LogP contribution in [0.1, 0.15) is 0 Å². The third-order valence-corrected chi connectivity index (χ3v) is 2.48. The lowest BCUT2D eigenvalue weighted by Gasteiger charge is -1.93. The summed E-state index contributed by atoms with van der Waals surface area (Å²) in [5.74, 6) is 0. The van der Waals surface area contributed by atoms with Crippen molar-refractivity contribution in [3.63, 3.8) is 0 Å². The van der Waals surface area contributed by atoms with Crippen molar-refractivity contribution in [3.05, 3.63) is 52.8 Å². The smallest absolute Gasteiger partial charge is 0.0805 e. The van der Waals surface area contributed by atoms with Crippen molar-refractivity contribution in [2.24, 2.45) is 0 Å². The van der Waals surface area contributed by atoms with E-state index >= 15 is 0 Å². The minimum absolute atomic E-state index is 0.457. The van der Waals surface area contributed by atoms with Crippen LogP contribution in [0.3, 0.4) is 0 Å². The molecule has 0 atom stereocenters. The molecule has 0 amide bonds. The Kier molecular flexibility index (Phi) is 2.66. The molecular formula is C10H7Cl2N2+. The van der Waals surface area contributed by atoms with Gasteiger partial charge in [0.25, 0.3) is 0 Å². The van der Waals surface area contributed by atoms with E-state index in [0.29, 0.717) is 10.0 Å². The molecule has 0 aliphatic rings. The Morgan fingerprint density at radius 1 is 1.00 bits per heavy atom. The zero-order valence-electron chi connectivity index (χ0n) is 7.19. The van der Waals surface area contributed by atoms with E-state index in [2.05, 4.69) is 5.10 Å². The monoisotopic (exact) mass is 225 g/mol. The molecule has 0 aliphatic carbocycles. The number of nitrogens with zero attached hydrogens (tertiary/aromatic N) is 2. The molecular weight excluding hydrogens is 219 g/mol. The highest BCUT2D eigenvalue weighted by molar-refractivity contribution is 6.41. The maximum absolute atomic E-state index is 5.87. The second-order valence-corrected chi connectivity index (χ2v) is 3.56. The van der Waals surface area contributed by atoms with E-state index in [1.54, 1.807) is 10.9 Å². The SMILES string of the molecule is Clc1cn[n+](-c2ccccc2)cc1Cl. The first-order valence-electron chi connectivity index (χ1n) is 4.06. The highest BCUT2D eigenvalue weighted by atomic mass is 35.5. The Morgan fingerprint density at radius 3 is 2.36 bits per heavy atom. The van der Waals surface area contributed by atoms with Gasteiger partial charge < -0.3 is 0 Å². The maximum atomic E-state index is 5.87. The normalized spacial score (nSPS) is 10.1. The first kappa shape index (κ1) is 9.44. The largest absolute Gasteiger partial charge is 0.238 e. The topological polar surface area (TPSA) is 16.8 Å². The molecule has 1 aromatic carbocycles. The first-order valence-corrected chi connectivity index (χ1v) is 4.81. The van der Waals surface area contributed by atoms with Crippen LogP contribution in [0.2, 0.25) is 10.0 Å². The predicted molar refractivity (Wildman–Crippen MR) is 55.8 cm³/mol. The van der Waals surface area contributed by atoms with Gasteiger partial charge in [0.15, 0.2) is 0 Å². The Balaban J connectivity index is 2.48. The van der Waals surface area contributed by atoms with E-state index in [4.69, 9.17) is 23.2 Å². The van der Waals surface area contributed by atoms with Crippen LogP contribution in [0.5, 0.6) is 0 Å². The lowest BCUT2D eigenvalue weighted by Crippen LogP contribution is -2.34. The standard InChI is InChI=1S/C10H7Cl2N2/c11-9-6-13-14(7-10(9)12)8-4-2-1-3-5-8/h1-7H/q+1. The number of para-hydroxylation sites is 1. The van der Waals surface area contributed by atoms with Crippen molar-refractivity contribution in [3.8, 4) is 5.69 Å². The van der Waals surface area contributed by atoms with Gasteiger partial charge in [0.2, 0.25) is 11.9 Å². The van der Waals surface area contributed by atoms with Gasteiger partial charge in [0.05, 0.1) is 5.02 Å². The molecule has 0 spiro atoms. The van der Waals surface area contributed by atoms with Gasteiger partial charge in [-0.05, 0) is 5.10 Å². The average molecular weight is 226 g/mol. The van der Waals surface area contributed by atoms with Crippen molar-refractivity contribution in [2.45, 2.75) is 0 Å². The third kappa shape index (κ3) is 1.86. The molecule has 2 aromatic rings. The van der Waals surface area contributed by atoms with Crippen LogP contribution in [0, 0.1) is 0 Å². The summed E-state index contributed by atoms with van der Waals surface area (Å²) in [6, 6.07) is 9.70. The number of hydrogen-bond donors (Lipinski definition) is 0. The molecule has 70 valence electrons. The van der Waals surface area contributed by atoms with Crippen LogP contribution in [0.4, 0.5) is 0 Å². The number of benzene rings is 1. The predicted octanol–water partition coefficient (Wildman–Crippen LogP) is 2.67. The van der Waals surface area contributed by atoms with E-state index in [1.807, 2.05) is 30.3 Å². The molecule has 1 heterocycles. The second kappa shape index (κ2) is 3.95. The highest BCUT2D eigenvalue weighted by Gasteiger charge is 2.09. The van der Waals surface area contributed by atoms with E-state index < -0.39 is 0 Å². The molecule has 2 rings (SSSR count). The Labute approximate surface area is 91.7 Å². The van der Waals surface area contributed by atoms with Crippen LogP contribution in [-0.4, -0.2) is 5.10 Å². The molecule has 14 heavy (non-hydrogen) atoms. The van der Waals surface area contributed by atoms with Gasteiger partial charge in [-0.1, -0.05) is 46.1 Å². The molecule has 0 bridgehead atoms. The molecule has 0 saturated heterocycles. The van der Waals surface area contributed by atoms with Crippen molar-refractivity contribution >= 4 is 23.2 Å². The van der Waals surface area contributed by atoms with Crippen molar-refractivity contribution in [1.82, 2.24) is 5.10 Å². The van der Waals surface area contributed by atoms with Gasteiger partial charge in [-0.25, -0.2) is 0 Å². The van der Waals surface area contributed by atoms with Gasteiger partial charge in [-0.15, -0.1) is 0 Å². The van der Waals surface area contributed by atoms with Crippen LogP contribution in [0.15, 0.2) is 42.7 Å². The second-order valence-electron chi connectivity index (χ2n) is 2.75. The Hall–Kier alpha value is -1.12. The fraction of sp³-hybridized carbons (Fsp3) is 0. The number of halogens is 2. The van der Waals surface area contributed by atoms with E-state index in [9.17, 15) is 0 Å². The Bertz CT molecular complexity index is 443. The molecule has 4 heteroatoms. The lowest BCUT2D eigenvalue weighted by atomic mass is 10.3. The molecule has 0 unspecified atom stereocenters. The van der Waals surface area contributed by atoms with Gasteiger partial charge in [-0.3, -0.25) is 0 Å². The summed E-state index contributed by atoms with van der Waals surface area (Å²) in [6.45, 7) is 0. The highest BCUT2D eigenvalue weighted by Crippen LogP contribution is 2.17. The molecule has 2 nitrogen and oxygen atoms in total. The summed E-state index contributed by atoms with van der Waals surface area (Å²) in [5, 5.41) is 5.06. The van der Waals surface area contributed by atoms with Gasteiger partial charge in [0, 0.05) is 12.1 Å². The summed E-state index contributed by atoms with van der Waals surface area (Å²) in [5.41, 5.74) is 0.950. The summed E-state index contributed by atoms with van der Waals surface area (Å²) in [7, 11) is 0. The van der Waals surface area contributed by atoms with Gasteiger partial charge >= 0.3 is 0 Å². The van der Waals surface area contributed by atoms with Crippen molar-refractivity contribution in [1.29, 1.82) is 0 Å². The number of hydrogen-bond acceptors (Lipinski definition) is 1. The molecule has 0 saturated carbocycles. The van der Waals surface area contributed by atoms with E-state index in [-0.39, 0.29) is 0 Å². The summed E-state index contributed by atoms with van der Waals surface area (Å²) < 4.78 is 1.67. The fourth-order valence-electron chi connectivity index (χ4n) is 1.10. The molecule has 0 fully saturated rings. The lowest BCUT2D eigenvalue weighted by molar-refractivity contribution is -0.659. The van der Waals surface area contributed by atoms with Gasteiger partial charge in [-0.2, -0.15) is 0 Å². The number of rotatable bonds is 1. The zero-order chi connectivity index (χ0) is 9.97. The first-order chi connectivity index (χ1) is 6.77. The summed E-state index contributed by atoms with van der Waals surface area (Å²) in [6.07, 6.45) is 3.20. The van der Waals surface area contributed by atoms with Crippen LogP contribution < -0.4 is 4.68 Å². The molecule has 1 aromatic heterocycles. The van der Waals surface area contributed by atoms with E-state index in [1.165, 1.54) is 6.20 Å². The minimum atomic E-state index is 0.457. The van der Waals surface area contributed by atoms with Crippen LogP contribution >= 0.6 is 23.2 Å². The van der Waals surface area contributed by atoms with Crippen molar-refractivity contribution in [2.75, 3.05) is 0 Å². The number of aromatic nitrogens is 2. The van der Waals surface area contributed by atoms with Crippen LogP contribution in [0.25, 0.3) is 5.69 Å². The molecule has 0 N–H and O–H groups in total. The molecule has 0 radical (unpaired) electrons. The average Bonchev–Trinajstić information content (AvgIpc) is 2.23. The van der Waals surface area contributed by atoms with Gasteiger partial charge in [0.1, 0.15) is 11.2 Å². The van der Waals surface area contributed by atoms with E-state index in [0.717, 1.165) is 5.69 Å². The third-order valence-electron chi connectivity index (χ3n) is 1.78. The Morgan fingerprint density at radius 2 is 1.71 bits per heavy atom. The quantitative estimate of drug-likeness (QED) is 0.683. The fourth-order valence-corrected chi connectivity index (χ4v) is 1.33. The van der Waals surface area contributed by atoms with Crippen LogP contribution in [-0.2, 0) is 0 Å². The minimum Gasteiger partial charge on any atom is -0.0805 e. The summed E-state index contributed by atoms with van der Waals surface area (Å²) in [4.78, 5) is 0. The zero-order valence-corrected chi connectivity index (χ0v) is 8.70. The maximum Gasteiger partial charge on any atom is 0.238 e. The van der Waals surface area contributed by atoms with Crippen molar-refractivity contribution < 1.29 is 4.68 Å². The summed E-state index contributed by atoms with van der Waals surface area (Å²) >= 11 is 11.6. The molecule has 0 aliphatic heterocycles.